The number of ether oxygens (including phenoxy) is 1. The number of hydrogen-bond acceptors (Lipinski definition) is 4. The standard InChI is InChI=1S/C15H25N3O2/c1-13(2)12-18(9-8-15(16)17-19)10-11-20-14-6-4-3-5-7-14/h3-7,13,19H,8-12H2,1-2H3,(H2,16,17). The van der Waals surface area contributed by atoms with Gasteiger partial charge in [-0.2, -0.15) is 0 Å². The summed E-state index contributed by atoms with van der Waals surface area (Å²) in [5, 5.41) is 11.6. The fraction of sp³-hybridized carbons (Fsp3) is 0.533. The highest BCUT2D eigenvalue weighted by Gasteiger charge is 2.08. The first kappa shape index (κ1) is 16.3. The van der Waals surface area contributed by atoms with Crippen LogP contribution >= 0.6 is 0 Å². The highest BCUT2D eigenvalue weighted by molar-refractivity contribution is 5.79. The predicted octanol–water partition coefficient (Wildman–Crippen LogP) is 2.16. The van der Waals surface area contributed by atoms with Crippen molar-refractivity contribution < 1.29 is 9.94 Å². The van der Waals surface area contributed by atoms with E-state index in [0.717, 1.165) is 25.4 Å². The van der Waals surface area contributed by atoms with Crippen LogP contribution in [0, 0.1) is 5.92 Å². The molecule has 3 N–H and O–H groups in total. The van der Waals surface area contributed by atoms with E-state index in [9.17, 15) is 0 Å². The van der Waals surface area contributed by atoms with Crippen LogP contribution in [0.25, 0.3) is 0 Å². The molecule has 0 atom stereocenters. The van der Waals surface area contributed by atoms with Gasteiger partial charge in [-0.25, -0.2) is 0 Å². The van der Waals surface area contributed by atoms with Crippen molar-refractivity contribution in [2.45, 2.75) is 20.3 Å². The van der Waals surface area contributed by atoms with Crippen molar-refractivity contribution in [1.82, 2.24) is 4.90 Å². The second-order valence-electron chi connectivity index (χ2n) is 5.20. The van der Waals surface area contributed by atoms with Crippen molar-refractivity contribution in [2.24, 2.45) is 16.8 Å². The lowest BCUT2D eigenvalue weighted by atomic mass is 10.2. The Morgan fingerprint density at radius 3 is 2.60 bits per heavy atom. The van der Waals surface area contributed by atoms with Crippen molar-refractivity contribution in [2.75, 3.05) is 26.2 Å². The van der Waals surface area contributed by atoms with Crippen LogP contribution < -0.4 is 10.5 Å². The lowest BCUT2D eigenvalue weighted by Gasteiger charge is -2.24. The van der Waals surface area contributed by atoms with Crippen LogP contribution in [0.3, 0.4) is 0 Å². The third kappa shape index (κ3) is 6.99. The zero-order valence-electron chi connectivity index (χ0n) is 12.3. The first-order chi connectivity index (χ1) is 9.61. The Morgan fingerprint density at radius 1 is 1.30 bits per heavy atom. The van der Waals surface area contributed by atoms with Crippen molar-refractivity contribution >= 4 is 5.84 Å². The Kier molecular flexibility index (Phi) is 7.50. The number of benzene rings is 1. The average Bonchev–Trinajstić information content (AvgIpc) is 2.44. The predicted molar refractivity (Wildman–Crippen MR) is 81.2 cm³/mol. The van der Waals surface area contributed by atoms with Gasteiger partial charge in [-0.05, 0) is 18.1 Å². The quantitative estimate of drug-likeness (QED) is 0.314. The van der Waals surface area contributed by atoms with Gasteiger partial charge in [0.1, 0.15) is 18.2 Å². The minimum atomic E-state index is 0.266. The Balaban J connectivity index is 2.36. The number of hydrogen-bond donors (Lipinski definition) is 2. The summed E-state index contributed by atoms with van der Waals surface area (Å²) in [6.07, 6.45) is 0.564. The number of nitrogens with zero attached hydrogens (tertiary/aromatic N) is 2. The van der Waals surface area contributed by atoms with E-state index >= 15 is 0 Å². The van der Waals surface area contributed by atoms with E-state index in [1.54, 1.807) is 0 Å². The van der Waals surface area contributed by atoms with Gasteiger partial charge in [-0.3, -0.25) is 4.90 Å². The first-order valence-corrected chi connectivity index (χ1v) is 6.98. The molecule has 1 aromatic carbocycles. The molecule has 0 spiro atoms. The summed E-state index contributed by atoms with van der Waals surface area (Å²) < 4.78 is 5.70. The fourth-order valence-electron chi connectivity index (χ4n) is 1.94. The molecule has 0 heterocycles. The molecular formula is C15H25N3O2. The second-order valence-corrected chi connectivity index (χ2v) is 5.20. The molecule has 0 amide bonds. The van der Waals surface area contributed by atoms with E-state index in [1.807, 2.05) is 30.3 Å². The molecule has 0 bridgehead atoms. The largest absolute Gasteiger partial charge is 0.492 e. The maximum Gasteiger partial charge on any atom is 0.140 e. The Bertz CT molecular complexity index is 393. The Morgan fingerprint density at radius 2 is 2.00 bits per heavy atom. The minimum absolute atomic E-state index is 0.266. The zero-order chi connectivity index (χ0) is 14.8. The normalized spacial score (nSPS) is 12.1. The van der Waals surface area contributed by atoms with Gasteiger partial charge < -0.3 is 15.7 Å². The van der Waals surface area contributed by atoms with Crippen LogP contribution in [0.5, 0.6) is 5.75 Å². The lowest BCUT2D eigenvalue weighted by Crippen LogP contribution is -2.34. The van der Waals surface area contributed by atoms with Crippen molar-refractivity contribution in [1.29, 1.82) is 0 Å². The zero-order valence-corrected chi connectivity index (χ0v) is 12.3. The summed E-state index contributed by atoms with van der Waals surface area (Å²) in [6, 6.07) is 9.78. The summed E-state index contributed by atoms with van der Waals surface area (Å²) in [4.78, 5) is 2.27. The topological polar surface area (TPSA) is 71.1 Å². The first-order valence-electron chi connectivity index (χ1n) is 6.98. The third-order valence-electron chi connectivity index (χ3n) is 2.86. The number of nitrogens with two attached hydrogens (primary N) is 1. The SMILES string of the molecule is CC(C)CN(CCOc1ccccc1)CCC(N)=NO. The molecule has 1 aromatic rings. The van der Waals surface area contributed by atoms with Crippen LogP contribution in [0.2, 0.25) is 0 Å². The fourth-order valence-corrected chi connectivity index (χ4v) is 1.94. The van der Waals surface area contributed by atoms with Crippen LogP contribution in [-0.4, -0.2) is 42.2 Å². The highest BCUT2D eigenvalue weighted by Crippen LogP contribution is 2.08. The van der Waals surface area contributed by atoms with Gasteiger partial charge >= 0.3 is 0 Å². The molecule has 0 aliphatic carbocycles. The van der Waals surface area contributed by atoms with Crippen molar-refractivity contribution in [3.63, 3.8) is 0 Å². The van der Waals surface area contributed by atoms with E-state index in [0.29, 0.717) is 18.9 Å². The summed E-state index contributed by atoms with van der Waals surface area (Å²) in [5.41, 5.74) is 5.51. The van der Waals surface area contributed by atoms with Gasteiger partial charge in [0.25, 0.3) is 0 Å². The molecule has 0 fully saturated rings. The third-order valence-corrected chi connectivity index (χ3v) is 2.86. The molecule has 0 aliphatic heterocycles. The van der Waals surface area contributed by atoms with E-state index in [4.69, 9.17) is 15.7 Å². The number of oxime groups is 1. The van der Waals surface area contributed by atoms with Crippen molar-refractivity contribution in [3.8, 4) is 5.75 Å². The maximum atomic E-state index is 8.57. The number of amidine groups is 1. The molecule has 0 aromatic heterocycles. The molecule has 0 aliphatic rings. The monoisotopic (exact) mass is 279 g/mol. The molecule has 1 rings (SSSR count). The Labute approximate surface area is 121 Å². The summed E-state index contributed by atoms with van der Waals surface area (Å²) in [6.45, 7) is 7.55. The average molecular weight is 279 g/mol. The molecule has 5 heteroatoms. The van der Waals surface area contributed by atoms with Gasteiger partial charge in [-0.15, -0.1) is 0 Å². The Hall–Kier alpha value is -1.75. The number of rotatable bonds is 9. The van der Waals surface area contributed by atoms with Gasteiger partial charge in [0.2, 0.25) is 0 Å². The van der Waals surface area contributed by atoms with Crippen LogP contribution in [0.1, 0.15) is 20.3 Å². The van der Waals surface area contributed by atoms with E-state index in [1.165, 1.54) is 0 Å². The molecule has 0 saturated carbocycles. The number of para-hydroxylation sites is 1. The molecular weight excluding hydrogens is 254 g/mol. The molecule has 0 unspecified atom stereocenters. The van der Waals surface area contributed by atoms with Gasteiger partial charge in [0.05, 0.1) is 0 Å². The summed E-state index contributed by atoms with van der Waals surface area (Å²) in [7, 11) is 0. The van der Waals surface area contributed by atoms with Gasteiger partial charge in [0, 0.05) is 26.1 Å². The summed E-state index contributed by atoms with van der Waals surface area (Å²) in [5.74, 6) is 1.72. The van der Waals surface area contributed by atoms with E-state index < -0.39 is 0 Å². The lowest BCUT2D eigenvalue weighted by molar-refractivity contribution is 0.196. The molecule has 112 valence electrons. The molecule has 5 nitrogen and oxygen atoms in total. The van der Waals surface area contributed by atoms with Gasteiger partial charge in [-0.1, -0.05) is 37.2 Å². The molecule has 0 saturated heterocycles. The molecule has 20 heavy (non-hydrogen) atoms. The second kappa shape index (κ2) is 9.20. The van der Waals surface area contributed by atoms with E-state index in [2.05, 4.69) is 23.9 Å². The van der Waals surface area contributed by atoms with Crippen LogP contribution in [-0.2, 0) is 0 Å². The van der Waals surface area contributed by atoms with E-state index in [-0.39, 0.29) is 5.84 Å². The summed E-state index contributed by atoms with van der Waals surface area (Å²) >= 11 is 0. The van der Waals surface area contributed by atoms with Crippen LogP contribution in [0.4, 0.5) is 0 Å². The van der Waals surface area contributed by atoms with Crippen molar-refractivity contribution in [3.05, 3.63) is 30.3 Å². The van der Waals surface area contributed by atoms with Crippen LogP contribution in [0.15, 0.2) is 35.5 Å². The smallest absolute Gasteiger partial charge is 0.140 e. The maximum absolute atomic E-state index is 8.57. The highest BCUT2D eigenvalue weighted by atomic mass is 16.5. The van der Waals surface area contributed by atoms with Gasteiger partial charge in [0.15, 0.2) is 0 Å². The molecule has 0 radical (unpaired) electrons. The minimum Gasteiger partial charge on any atom is -0.492 e.